The minimum absolute atomic E-state index is 0.125. The maximum atomic E-state index is 13.7. The zero-order valence-electron chi connectivity index (χ0n) is 39.3. The Hall–Kier alpha value is -6.47. The van der Waals surface area contributed by atoms with Crippen molar-refractivity contribution in [3.8, 4) is 11.1 Å². The quantitative estimate of drug-likeness (QED) is 0.0344. The van der Waals surface area contributed by atoms with Crippen molar-refractivity contribution < 1.29 is 37.9 Å². The van der Waals surface area contributed by atoms with Crippen LogP contribution in [0.1, 0.15) is 101 Å². The number of ether oxygens (including phenoxy) is 4. The molecule has 1 saturated carbocycles. The van der Waals surface area contributed by atoms with E-state index in [1.807, 2.05) is 36.7 Å². The minimum Gasteiger partial charge on any atom is -0.382 e. The number of anilines is 3. The zero-order valence-corrected chi connectivity index (χ0v) is 39.3. The van der Waals surface area contributed by atoms with Gasteiger partial charge >= 0.3 is 0 Å². The third-order valence-electron chi connectivity index (χ3n) is 12.8. The molecule has 1 unspecified atom stereocenters. The molecule has 0 bridgehead atoms. The van der Waals surface area contributed by atoms with Crippen molar-refractivity contribution >= 4 is 56.9 Å². The van der Waals surface area contributed by atoms with E-state index in [0.29, 0.717) is 120 Å². The maximum absolute atomic E-state index is 13.7. The number of piperidine rings is 1. The highest BCUT2D eigenvalue weighted by atomic mass is 16.6. The summed E-state index contributed by atoms with van der Waals surface area (Å²) in [7, 11) is 0. The lowest BCUT2D eigenvalue weighted by atomic mass is 9.97. The van der Waals surface area contributed by atoms with Crippen molar-refractivity contribution in [2.24, 2.45) is 0 Å². The molecule has 18 heteroatoms. The van der Waals surface area contributed by atoms with Gasteiger partial charge in [0.2, 0.25) is 5.91 Å². The van der Waals surface area contributed by atoms with Gasteiger partial charge in [-0.2, -0.15) is 5.10 Å². The van der Waals surface area contributed by atoms with Gasteiger partial charge in [-0.05, 0) is 95.2 Å². The number of H-pyrrole nitrogens is 1. The average molecular weight is 929 g/mol. The molecule has 2 amide bonds. The van der Waals surface area contributed by atoms with Crippen molar-refractivity contribution in [2.45, 2.75) is 91.3 Å². The van der Waals surface area contributed by atoms with Crippen LogP contribution in [0.5, 0.6) is 0 Å². The van der Waals surface area contributed by atoms with Crippen LogP contribution in [0.2, 0.25) is 0 Å². The summed E-state index contributed by atoms with van der Waals surface area (Å²) in [4.78, 5) is 54.1. The number of amides is 2. The Morgan fingerprint density at radius 3 is 2.38 bits per heavy atom. The van der Waals surface area contributed by atoms with E-state index in [0.717, 1.165) is 80.0 Å². The molecule has 9 rings (SSSR count). The normalized spacial score (nSPS) is 16.0. The summed E-state index contributed by atoms with van der Waals surface area (Å²) in [5, 5.41) is 20.5. The van der Waals surface area contributed by atoms with Crippen LogP contribution in [0.25, 0.3) is 33.1 Å². The SMILES string of the molecule is C=C1CCC(N2Cc3c(NCCOCCOCCOCCOCCCC(=O)c4nc(Nc5cc(C6CC6)nn5CC)c5c(n4)[nH]c4cc(-c6c(C)noc6C)c(C)cc45)cccc3C2=O)C(=O)N1. The monoisotopic (exact) mass is 928 g/mol. The molecule has 1 aliphatic carbocycles. The second-order valence-corrected chi connectivity index (χ2v) is 17.6. The molecule has 6 heterocycles. The maximum Gasteiger partial charge on any atom is 0.255 e. The van der Waals surface area contributed by atoms with E-state index in [1.54, 1.807) is 4.90 Å². The first kappa shape index (κ1) is 46.6. The van der Waals surface area contributed by atoms with E-state index in [-0.39, 0.29) is 29.8 Å². The third kappa shape index (κ3) is 10.2. The minimum atomic E-state index is -0.495. The number of benzene rings is 2. The van der Waals surface area contributed by atoms with Crippen LogP contribution in [0.4, 0.5) is 17.3 Å². The Bertz CT molecular complexity index is 2820. The van der Waals surface area contributed by atoms with Gasteiger partial charge in [0, 0.05) is 83.6 Å². The second-order valence-electron chi connectivity index (χ2n) is 17.6. The number of rotatable bonds is 24. The molecular formula is C50H60N10O8. The first-order valence-electron chi connectivity index (χ1n) is 23.7. The van der Waals surface area contributed by atoms with Crippen LogP contribution in [-0.4, -0.2) is 118 Å². The molecule has 4 aromatic heterocycles. The topological polar surface area (TPSA) is 213 Å². The number of Topliss-reactive ketones (excluding diaryl/α,β-unsaturated/α-hetero) is 1. The molecule has 1 atom stereocenters. The van der Waals surface area contributed by atoms with Crippen LogP contribution in [0, 0.1) is 20.8 Å². The predicted octanol–water partition coefficient (Wildman–Crippen LogP) is 7.42. The Kier molecular flexibility index (Phi) is 14.3. The lowest BCUT2D eigenvalue weighted by molar-refractivity contribution is -0.126. The summed E-state index contributed by atoms with van der Waals surface area (Å²) in [6, 6.07) is 11.4. The number of fused-ring (bicyclic) bond motifs is 4. The highest BCUT2D eigenvalue weighted by molar-refractivity contribution is 6.13. The van der Waals surface area contributed by atoms with Crippen molar-refractivity contribution in [1.82, 2.24) is 40.1 Å². The van der Waals surface area contributed by atoms with E-state index >= 15 is 0 Å². The summed E-state index contributed by atoms with van der Waals surface area (Å²) in [5.74, 6) is 2.26. The first-order valence-corrected chi connectivity index (χ1v) is 23.7. The summed E-state index contributed by atoms with van der Waals surface area (Å²) in [6.45, 7) is 16.8. The van der Waals surface area contributed by atoms with Gasteiger partial charge in [0.05, 0.1) is 63.0 Å². The van der Waals surface area contributed by atoms with Crippen LogP contribution in [0.3, 0.4) is 0 Å². The Labute approximate surface area is 394 Å². The molecule has 0 spiro atoms. The number of nitrogens with one attached hydrogen (secondary N) is 4. The fourth-order valence-electron chi connectivity index (χ4n) is 9.08. The number of aryl methyl sites for hydroxylation is 4. The van der Waals surface area contributed by atoms with Gasteiger partial charge in [0.1, 0.15) is 29.1 Å². The molecule has 358 valence electrons. The molecule has 0 radical (unpaired) electrons. The number of carbonyl (C=O) groups is 3. The molecule has 68 heavy (non-hydrogen) atoms. The first-order chi connectivity index (χ1) is 33.1. The molecule has 1 saturated heterocycles. The van der Waals surface area contributed by atoms with Gasteiger partial charge in [-0.15, -0.1) is 0 Å². The van der Waals surface area contributed by atoms with Crippen molar-refractivity contribution in [1.29, 1.82) is 0 Å². The van der Waals surface area contributed by atoms with Crippen LogP contribution < -0.4 is 16.0 Å². The fraction of sp³-hybridized carbons (Fsp3) is 0.460. The largest absolute Gasteiger partial charge is 0.382 e. The number of aromatic amines is 1. The molecule has 2 aliphatic heterocycles. The summed E-state index contributed by atoms with van der Waals surface area (Å²) >= 11 is 0. The molecule has 3 aliphatic rings. The number of aromatic nitrogens is 6. The van der Waals surface area contributed by atoms with Crippen molar-refractivity contribution in [2.75, 3.05) is 70.0 Å². The van der Waals surface area contributed by atoms with Crippen LogP contribution >= 0.6 is 0 Å². The standard InChI is InChI=1S/C50H60N10O8/c1-6-60-43(27-39(57-60)33-13-14-33)54-48-45-36-25-29(2)35(44-31(4)58-68-32(44)5)26-40(36)53-47(45)55-46(56-48)42(61)11-8-17-64-19-21-66-23-24-67-22-20-65-18-16-51-38-10-7-9-34-37(38)28-59(50(34)63)41-15-12-30(3)52-49(41)62/h7,9-10,25-27,33,41,51H,3,6,8,11-24,28H2,1-2,4-5H3,(H,52,62)(H2,53,54,55,56). The average Bonchev–Trinajstić information content (AvgIpc) is 3.71. The Morgan fingerprint density at radius 1 is 0.926 bits per heavy atom. The van der Waals surface area contributed by atoms with Crippen LogP contribution in [0.15, 0.2) is 53.2 Å². The van der Waals surface area contributed by atoms with E-state index in [4.69, 9.17) is 38.5 Å². The fourth-order valence-corrected chi connectivity index (χ4v) is 9.08. The van der Waals surface area contributed by atoms with E-state index in [9.17, 15) is 14.4 Å². The van der Waals surface area contributed by atoms with E-state index < -0.39 is 6.04 Å². The number of carbonyl (C=O) groups excluding carboxylic acids is 3. The zero-order chi connectivity index (χ0) is 47.3. The molecular weight excluding hydrogens is 869 g/mol. The molecule has 4 N–H and O–H groups in total. The van der Waals surface area contributed by atoms with Crippen molar-refractivity contribution in [3.05, 3.63) is 88.3 Å². The molecule has 18 nitrogen and oxygen atoms in total. The lowest BCUT2D eigenvalue weighted by Crippen LogP contribution is -2.49. The summed E-state index contributed by atoms with van der Waals surface area (Å²) in [6.07, 6.45) is 4.24. The number of allylic oxidation sites excluding steroid dienone is 1. The van der Waals surface area contributed by atoms with Gasteiger partial charge in [-0.3, -0.25) is 14.4 Å². The van der Waals surface area contributed by atoms with Crippen molar-refractivity contribution in [3.63, 3.8) is 0 Å². The number of hydrogen-bond donors (Lipinski definition) is 4. The highest BCUT2D eigenvalue weighted by Gasteiger charge is 2.39. The second kappa shape index (κ2) is 20.8. The third-order valence-corrected chi connectivity index (χ3v) is 12.8. The summed E-state index contributed by atoms with van der Waals surface area (Å²) in [5.41, 5.74) is 9.43. The highest BCUT2D eigenvalue weighted by Crippen LogP contribution is 2.42. The van der Waals surface area contributed by atoms with E-state index in [2.05, 4.69) is 64.7 Å². The van der Waals surface area contributed by atoms with Gasteiger partial charge in [0.15, 0.2) is 11.6 Å². The Balaban J connectivity index is 0.689. The Morgan fingerprint density at radius 2 is 1.68 bits per heavy atom. The predicted molar refractivity (Wildman–Crippen MR) is 256 cm³/mol. The van der Waals surface area contributed by atoms with Gasteiger partial charge in [0.25, 0.3) is 5.91 Å². The number of nitrogens with zero attached hydrogens (tertiary/aromatic N) is 6. The van der Waals surface area contributed by atoms with Gasteiger partial charge in [-0.25, -0.2) is 14.6 Å². The molecule has 2 aromatic carbocycles. The smallest absolute Gasteiger partial charge is 0.255 e. The lowest BCUT2D eigenvalue weighted by Gasteiger charge is -2.31. The summed E-state index contributed by atoms with van der Waals surface area (Å²) < 4.78 is 30.3. The number of ketones is 1. The molecule has 2 fully saturated rings. The number of hydrogen-bond acceptors (Lipinski definition) is 14. The van der Waals surface area contributed by atoms with Gasteiger partial charge < -0.3 is 49.3 Å². The van der Waals surface area contributed by atoms with E-state index in [1.165, 1.54) is 0 Å². The molecule has 6 aromatic rings. The van der Waals surface area contributed by atoms with Gasteiger partial charge in [-0.1, -0.05) is 17.8 Å². The van der Waals surface area contributed by atoms with Crippen LogP contribution in [-0.2, 0) is 36.8 Å².